The van der Waals surface area contributed by atoms with Gasteiger partial charge in [0.2, 0.25) is 5.91 Å². The van der Waals surface area contributed by atoms with Crippen LogP contribution >= 0.6 is 11.6 Å². The Balaban J connectivity index is 1.71. The SMILES string of the molecule is Cc1cc(=O)n(CCC(=O)Nc2ccccc2Cl)c2c1c(C)nn2-c1ccccc1. The molecule has 0 aliphatic rings. The molecule has 152 valence electrons. The zero-order valence-electron chi connectivity index (χ0n) is 16.7. The number of carbonyl (C=O) groups excluding carboxylic acids is 1. The Morgan fingerprint density at radius 1 is 1.07 bits per heavy atom. The molecule has 1 amide bonds. The number of anilines is 1. The lowest BCUT2D eigenvalue weighted by Gasteiger charge is -2.13. The summed E-state index contributed by atoms with van der Waals surface area (Å²) in [7, 11) is 0. The highest BCUT2D eigenvalue weighted by Gasteiger charge is 2.17. The van der Waals surface area contributed by atoms with Crippen molar-refractivity contribution in [1.29, 1.82) is 0 Å². The summed E-state index contributed by atoms with van der Waals surface area (Å²) in [6.45, 7) is 4.06. The van der Waals surface area contributed by atoms with E-state index in [0.717, 1.165) is 22.3 Å². The van der Waals surface area contributed by atoms with Gasteiger partial charge in [0.05, 0.1) is 22.1 Å². The number of halogens is 1. The van der Waals surface area contributed by atoms with Gasteiger partial charge in [0.1, 0.15) is 5.65 Å². The summed E-state index contributed by atoms with van der Waals surface area (Å²) < 4.78 is 3.38. The van der Waals surface area contributed by atoms with Gasteiger partial charge in [0.15, 0.2) is 0 Å². The van der Waals surface area contributed by atoms with Crippen LogP contribution in [0.15, 0.2) is 65.5 Å². The smallest absolute Gasteiger partial charge is 0.252 e. The van der Waals surface area contributed by atoms with Crippen molar-refractivity contribution in [3.8, 4) is 5.69 Å². The minimum absolute atomic E-state index is 0.127. The van der Waals surface area contributed by atoms with Crippen molar-refractivity contribution in [3.05, 3.63) is 87.3 Å². The number of carbonyl (C=O) groups is 1. The lowest BCUT2D eigenvalue weighted by molar-refractivity contribution is -0.116. The number of para-hydroxylation sites is 2. The average molecular weight is 421 g/mol. The Bertz CT molecular complexity index is 1290. The van der Waals surface area contributed by atoms with Gasteiger partial charge in [0.25, 0.3) is 5.56 Å². The van der Waals surface area contributed by atoms with Gasteiger partial charge in [-0.25, -0.2) is 4.68 Å². The lowest BCUT2D eigenvalue weighted by Crippen LogP contribution is -2.25. The molecule has 30 heavy (non-hydrogen) atoms. The molecular formula is C23H21ClN4O2. The number of amides is 1. The summed E-state index contributed by atoms with van der Waals surface area (Å²) in [6, 6.07) is 18.3. The summed E-state index contributed by atoms with van der Waals surface area (Å²) in [5, 5.41) is 8.86. The second-order valence-electron chi connectivity index (χ2n) is 7.13. The normalized spacial score (nSPS) is 11.0. The van der Waals surface area contributed by atoms with E-state index in [0.29, 0.717) is 16.4 Å². The molecule has 0 aliphatic carbocycles. The van der Waals surface area contributed by atoms with Gasteiger partial charge in [-0.3, -0.25) is 14.2 Å². The van der Waals surface area contributed by atoms with Gasteiger partial charge >= 0.3 is 0 Å². The summed E-state index contributed by atoms with van der Waals surface area (Å²) in [5.41, 5.74) is 3.63. The van der Waals surface area contributed by atoms with Gasteiger partial charge in [-0.2, -0.15) is 5.10 Å². The molecule has 2 heterocycles. The second-order valence-corrected chi connectivity index (χ2v) is 7.53. The first kappa shape index (κ1) is 19.9. The van der Waals surface area contributed by atoms with E-state index in [2.05, 4.69) is 10.4 Å². The van der Waals surface area contributed by atoms with Crippen LogP contribution in [-0.2, 0) is 11.3 Å². The molecule has 0 atom stereocenters. The van der Waals surface area contributed by atoms with E-state index >= 15 is 0 Å². The molecule has 0 unspecified atom stereocenters. The van der Waals surface area contributed by atoms with Crippen molar-refractivity contribution in [3.63, 3.8) is 0 Å². The first-order valence-corrected chi connectivity index (χ1v) is 10.0. The molecule has 2 aromatic carbocycles. The van der Waals surface area contributed by atoms with Crippen LogP contribution in [0.3, 0.4) is 0 Å². The highest BCUT2D eigenvalue weighted by molar-refractivity contribution is 6.33. The molecular weight excluding hydrogens is 400 g/mol. The molecule has 2 aromatic heterocycles. The fourth-order valence-corrected chi connectivity index (χ4v) is 3.80. The van der Waals surface area contributed by atoms with E-state index in [1.807, 2.05) is 44.2 Å². The van der Waals surface area contributed by atoms with Crippen LogP contribution in [0.2, 0.25) is 5.02 Å². The monoisotopic (exact) mass is 420 g/mol. The summed E-state index contributed by atoms with van der Waals surface area (Å²) >= 11 is 6.12. The molecule has 0 aliphatic heterocycles. The third-order valence-corrected chi connectivity index (χ3v) is 5.33. The predicted molar refractivity (Wildman–Crippen MR) is 120 cm³/mol. The number of aryl methyl sites for hydroxylation is 3. The number of hydrogen-bond acceptors (Lipinski definition) is 3. The Labute approximate surface area is 178 Å². The van der Waals surface area contributed by atoms with Crippen LogP contribution < -0.4 is 10.9 Å². The van der Waals surface area contributed by atoms with E-state index < -0.39 is 0 Å². The van der Waals surface area contributed by atoms with E-state index in [-0.39, 0.29) is 24.4 Å². The Kier molecular flexibility index (Phi) is 5.42. The topological polar surface area (TPSA) is 68.9 Å². The molecule has 6 nitrogen and oxygen atoms in total. The summed E-state index contributed by atoms with van der Waals surface area (Å²) in [6.07, 6.45) is 0.127. The van der Waals surface area contributed by atoms with E-state index in [9.17, 15) is 9.59 Å². The fraction of sp³-hybridized carbons (Fsp3) is 0.174. The fourth-order valence-electron chi connectivity index (χ4n) is 3.62. The highest BCUT2D eigenvalue weighted by Crippen LogP contribution is 2.24. The number of nitrogens with one attached hydrogen (secondary N) is 1. The van der Waals surface area contributed by atoms with Gasteiger partial charge in [-0.05, 0) is 43.7 Å². The Hall–Kier alpha value is -3.38. The minimum Gasteiger partial charge on any atom is -0.325 e. The molecule has 0 saturated heterocycles. The van der Waals surface area contributed by atoms with E-state index in [1.165, 1.54) is 0 Å². The van der Waals surface area contributed by atoms with Crippen LogP contribution in [0, 0.1) is 13.8 Å². The highest BCUT2D eigenvalue weighted by atomic mass is 35.5. The quantitative estimate of drug-likeness (QED) is 0.517. The molecule has 1 N–H and O–H groups in total. The largest absolute Gasteiger partial charge is 0.325 e. The zero-order valence-corrected chi connectivity index (χ0v) is 17.5. The van der Waals surface area contributed by atoms with Crippen LogP contribution in [0.25, 0.3) is 16.7 Å². The van der Waals surface area contributed by atoms with Crippen LogP contribution in [-0.4, -0.2) is 20.3 Å². The van der Waals surface area contributed by atoms with E-state index in [4.69, 9.17) is 11.6 Å². The average Bonchev–Trinajstić information content (AvgIpc) is 3.08. The maximum Gasteiger partial charge on any atom is 0.252 e. The van der Waals surface area contributed by atoms with Crippen molar-refractivity contribution in [1.82, 2.24) is 14.3 Å². The van der Waals surface area contributed by atoms with Crippen LogP contribution in [0.5, 0.6) is 0 Å². The predicted octanol–water partition coefficient (Wildman–Crippen LogP) is 4.49. The van der Waals surface area contributed by atoms with Crippen molar-refractivity contribution >= 4 is 34.2 Å². The van der Waals surface area contributed by atoms with Gasteiger partial charge in [0, 0.05) is 24.4 Å². The number of hydrogen-bond donors (Lipinski definition) is 1. The van der Waals surface area contributed by atoms with Crippen LogP contribution in [0.4, 0.5) is 5.69 Å². The van der Waals surface area contributed by atoms with Gasteiger partial charge < -0.3 is 5.32 Å². The molecule has 0 radical (unpaired) electrons. The molecule has 4 rings (SSSR count). The lowest BCUT2D eigenvalue weighted by atomic mass is 10.1. The molecule has 0 fully saturated rings. The number of benzene rings is 2. The first-order valence-electron chi connectivity index (χ1n) is 9.65. The maximum absolute atomic E-state index is 12.8. The minimum atomic E-state index is -0.216. The van der Waals surface area contributed by atoms with Gasteiger partial charge in [-0.15, -0.1) is 0 Å². The van der Waals surface area contributed by atoms with E-state index in [1.54, 1.807) is 39.6 Å². The van der Waals surface area contributed by atoms with Crippen molar-refractivity contribution in [2.24, 2.45) is 0 Å². The van der Waals surface area contributed by atoms with Crippen LogP contribution in [0.1, 0.15) is 17.7 Å². The third kappa shape index (κ3) is 3.74. The first-order chi connectivity index (χ1) is 14.5. The number of fused-ring (bicyclic) bond motifs is 1. The zero-order chi connectivity index (χ0) is 21.3. The molecule has 0 saturated carbocycles. The number of rotatable bonds is 5. The summed E-state index contributed by atoms with van der Waals surface area (Å²) in [4.78, 5) is 25.3. The van der Waals surface area contributed by atoms with Crippen molar-refractivity contribution < 1.29 is 4.79 Å². The number of aromatic nitrogens is 3. The Morgan fingerprint density at radius 3 is 2.50 bits per heavy atom. The third-order valence-electron chi connectivity index (χ3n) is 5.00. The molecule has 0 bridgehead atoms. The summed E-state index contributed by atoms with van der Waals surface area (Å²) in [5.74, 6) is -0.216. The standard InChI is InChI=1S/C23H21ClN4O2/c1-15-14-21(30)27(13-12-20(29)25-19-11-7-6-10-18(19)24)23-22(15)16(2)26-28(23)17-8-4-3-5-9-17/h3-11,14H,12-13H2,1-2H3,(H,25,29). The number of pyridine rings is 1. The maximum atomic E-state index is 12.8. The van der Waals surface area contributed by atoms with Crippen molar-refractivity contribution in [2.45, 2.75) is 26.8 Å². The Morgan fingerprint density at radius 2 is 1.77 bits per heavy atom. The molecule has 0 spiro atoms. The molecule has 4 aromatic rings. The molecule has 7 heteroatoms. The second kappa shape index (κ2) is 8.16. The van der Waals surface area contributed by atoms with Gasteiger partial charge in [-0.1, -0.05) is 41.9 Å². The number of nitrogens with zero attached hydrogens (tertiary/aromatic N) is 3. The van der Waals surface area contributed by atoms with Crippen molar-refractivity contribution in [2.75, 3.05) is 5.32 Å².